The highest BCUT2D eigenvalue weighted by molar-refractivity contribution is 5.76. The van der Waals surface area contributed by atoms with Gasteiger partial charge in [0.1, 0.15) is 0 Å². The van der Waals surface area contributed by atoms with Gasteiger partial charge >= 0.3 is 0 Å². The van der Waals surface area contributed by atoms with Gasteiger partial charge in [-0.1, -0.05) is 19.8 Å². The third-order valence-corrected chi connectivity index (χ3v) is 2.90. The molecule has 0 aliphatic heterocycles. The normalized spacial score (nSPS) is 25.4. The molecular formula is C12H23NO3. The van der Waals surface area contributed by atoms with E-state index in [4.69, 9.17) is 4.74 Å². The van der Waals surface area contributed by atoms with Gasteiger partial charge in [-0.15, -0.1) is 0 Å². The number of carbonyl (C=O) groups is 1. The summed E-state index contributed by atoms with van der Waals surface area (Å²) in [6.45, 7) is 3.22. The van der Waals surface area contributed by atoms with Crippen molar-refractivity contribution in [2.45, 2.75) is 57.6 Å². The summed E-state index contributed by atoms with van der Waals surface area (Å²) in [7, 11) is 0. The van der Waals surface area contributed by atoms with Gasteiger partial charge in [0.05, 0.1) is 18.8 Å². The first-order valence-corrected chi connectivity index (χ1v) is 6.29. The van der Waals surface area contributed by atoms with Gasteiger partial charge in [-0.05, 0) is 19.3 Å². The molecule has 0 aromatic carbocycles. The maximum Gasteiger partial charge on any atom is 0.222 e. The van der Waals surface area contributed by atoms with Crippen molar-refractivity contribution >= 4 is 5.91 Å². The summed E-state index contributed by atoms with van der Waals surface area (Å²) in [6.07, 6.45) is 4.85. The molecule has 2 unspecified atom stereocenters. The van der Waals surface area contributed by atoms with Crippen LogP contribution in [0.3, 0.4) is 0 Å². The standard InChI is InChI=1S/C12H23NO3/c1-2-8-16-9-7-12(15)13-10-5-3-4-6-11(10)14/h10-11,14H,2-9H2,1H3,(H,13,15). The summed E-state index contributed by atoms with van der Waals surface area (Å²) in [4.78, 5) is 11.5. The molecular weight excluding hydrogens is 206 g/mol. The van der Waals surface area contributed by atoms with E-state index in [1.807, 2.05) is 6.92 Å². The Balaban J connectivity index is 2.12. The zero-order valence-corrected chi connectivity index (χ0v) is 10.1. The summed E-state index contributed by atoms with van der Waals surface area (Å²) in [5, 5.41) is 12.6. The molecule has 1 amide bonds. The molecule has 0 spiro atoms. The van der Waals surface area contributed by atoms with Crippen LogP contribution in [-0.2, 0) is 9.53 Å². The van der Waals surface area contributed by atoms with Crippen molar-refractivity contribution in [1.82, 2.24) is 5.32 Å². The van der Waals surface area contributed by atoms with Crippen LogP contribution in [0.4, 0.5) is 0 Å². The first-order valence-electron chi connectivity index (χ1n) is 6.29. The van der Waals surface area contributed by atoms with Crippen LogP contribution < -0.4 is 5.32 Å². The van der Waals surface area contributed by atoms with Gasteiger partial charge in [0, 0.05) is 13.0 Å². The maximum atomic E-state index is 11.5. The number of nitrogens with one attached hydrogen (secondary N) is 1. The van der Waals surface area contributed by atoms with Crippen LogP contribution in [0, 0.1) is 0 Å². The molecule has 1 aliphatic rings. The number of aliphatic hydroxyl groups is 1. The molecule has 2 atom stereocenters. The second kappa shape index (κ2) is 7.63. The molecule has 1 fully saturated rings. The van der Waals surface area contributed by atoms with Crippen LogP contribution in [0.15, 0.2) is 0 Å². The molecule has 0 bridgehead atoms. The van der Waals surface area contributed by atoms with Crippen LogP contribution in [0.2, 0.25) is 0 Å². The van der Waals surface area contributed by atoms with Crippen LogP contribution in [0.25, 0.3) is 0 Å². The number of amides is 1. The first-order chi connectivity index (χ1) is 7.74. The highest BCUT2D eigenvalue weighted by Crippen LogP contribution is 2.18. The number of rotatable bonds is 6. The van der Waals surface area contributed by atoms with Crippen LogP contribution in [0.5, 0.6) is 0 Å². The molecule has 0 aromatic heterocycles. The van der Waals surface area contributed by atoms with E-state index in [2.05, 4.69) is 5.32 Å². The summed E-state index contributed by atoms with van der Waals surface area (Å²) >= 11 is 0. The lowest BCUT2D eigenvalue weighted by molar-refractivity contribution is -0.124. The van der Waals surface area contributed by atoms with E-state index >= 15 is 0 Å². The van der Waals surface area contributed by atoms with Gasteiger partial charge in [-0.25, -0.2) is 0 Å². The minimum absolute atomic E-state index is 0.0120. The predicted octanol–water partition coefficient (Wildman–Crippen LogP) is 1.22. The van der Waals surface area contributed by atoms with Crippen molar-refractivity contribution < 1.29 is 14.6 Å². The molecule has 0 heterocycles. The van der Waals surface area contributed by atoms with Gasteiger partial charge in [-0.2, -0.15) is 0 Å². The molecule has 4 heteroatoms. The lowest BCUT2D eigenvalue weighted by Gasteiger charge is -2.28. The quantitative estimate of drug-likeness (QED) is 0.673. The molecule has 1 aliphatic carbocycles. The summed E-state index contributed by atoms with van der Waals surface area (Å²) in [6, 6.07) is -0.0487. The van der Waals surface area contributed by atoms with Crippen molar-refractivity contribution in [1.29, 1.82) is 0 Å². The number of carbonyl (C=O) groups excluding carboxylic acids is 1. The summed E-state index contributed by atoms with van der Waals surface area (Å²) in [5.41, 5.74) is 0. The highest BCUT2D eigenvalue weighted by Gasteiger charge is 2.23. The molecule has 2 N–H and O–H groups in total. The fourth-order valence-corrected chi connectivity index (χ4v) is 1.97. The Kier molecular flexibility index (Phi) is 6.42. The third kappa shape index (κ3) is 4.94. The zero-order valence-electron chi connectivity index (χ0n) is 10.1. The molecule has 4 nitrogen and oxygen atoms in total. The molecule has 94 valence electrons. The van der Waals surface area contributed by atoms with Gasteiger partial charge < -0.3 is 15.2 Å². The lowest BCUT2D eigenvalue weighted by atomic mass is 9.92. The largest absolute Gasteiger partial charge is 0.391 e. The molecule has 0 aromatic rings. The van der Waals surface area contributed by atoms with Gasteiger partial charge in [0.25, 0.3) is 0 Å². The Labute approximate surface area is 97.4 Å². The van der Waals surface area contributed by atoms with E-state index in [-0.39, 0.29) is 18.1 Å². The minimum atomic E-state index is -0.366. The molecule has 1 rings (SSSR count). The Morgan fingerprint density at radius 3 is 2.81 bits per heavy atom. The number of aliphatic hydroxyl groups excluding tert-OH is 1. The van der Waals surface area contributed by atoms with E-state index in [1.165, 1.54) is 0 Å². The Morgan fingerprint density at radius 1 is 1.38 bits per heavy atom. The van der Waals surface area contributed by atoms with Crippen molar-refractivity contribution in [3.63, 3.8) is 0 Å². The van der Waals surface area contributed by atoms with E-state index in [0.29, 0.717) is 19.6 Å². The van der Waals surface area contributed by atoms with Gasteiger partial charge in [0.2, 0.25) is 5.91 Å². The highest BCUT2D eigenvalue weighted by atomic mass is 16.5. The summed E-state index contributed by atoms with van der Waals surface area (Å²) in [5.74, 6) is -0.0120. The number of hydrogen-bond acceptors (Lipinski definition) is 3. The smallest absolute Gasteiger partial charge is 0.222 e. The predicted molar refractivity (Wildman–Crippen MR) is 62.1 cm³/mol. The Bertz CT molecular complexity index is 208. The van der Waals surface area contributed by atoms with E-state index < -0.39 is 0 Å². The second-order valence-electron chi connectivity index (χ2n) is 4.39. The van der Waals surface area contributed by atoms with Crippen LogP contribution >= 0.6 is 0 Å². The Morgan fingerprint density at radius 2 is 2.12 bits per heavy atom. The first kappa shape index (κ1) is 13.5. The summed E-state index contributed by atoms with van der Waals surface area (Å²) < 4.78 is 5.25. The molecule has 16 heavy (non-hydrogen) atoms. The molecule has 0 radical (unpaired) electrons. The molecule has 1 saturated carbocycles. The number of ether oxygens (including phenoxy) is 1. The number of hydrogen-bond donors (Lipinski definition) is 2. The van der Waals surface area contributed by atoms with Crippen molar-refractivity contribution in [3.8, 4) is 0 Å². The fraction of sp³-hybridized carbons (Fsp3) is 0.917. The fourth-order valence-electron chi connectivity index (χ4n) is 1.97. The van der Waals surface area contributed by atoms with Gasteiger partial charge in [-0.3, -0.25) is 4.79 Å². The molecule has 0 saturated heterocycles. The van der Waals surface area contributed by atoms with Crippen LogP contribution in [0.1, 0.15) is 45.4 Å². The minimum Gasteiger partial charge on any atom is -0.391 e. The zero-order chi connectivity index (χ0) is 11.8. The average molecular weight is 229 g/mol. The van der Waals surface area contributed by atoms with Crippen molar-refractivity contribution in [2.24, 2.45) is 0 Å². The average Bonchev–Trinajstić information content (AvgIpc) is 2.28. The van der Waals surface area contributed by atoms with Crippen LogP contribution in [-0.4, -0.2) is 36.4 Å². The van der Waals surface area contributed by atoms with Crippen molar-refractivity contribution in [2.75, 3.05) is 13.2 Å². The van der Waals surface area contributed by atoms with E-state index in [9.17, 15) is 9.90 Å². The van der Waals surface area contributed by atoms with E-state index in [0.717, 1.165) is 32.1 Å². The van der Waals surface area contributed by atoms with E-state index in [1.54, 1.807) is 0 Å². The second-order valence-corrected chi connectivity index (χ2v) is 4.39. The maximum absolute atomic E-state index is 11.5. The van der Waals surface area contributed by atoms with Crippen molar-refractivity contribution in [3.05, 3.63) is 0 Å². The third-order valence-electron chi connectivity index (χ3n) is 2.90. The Hall–Kier alpha value is -0.610. The topological polar surface area (TPSA) is 58.6 Å². The monoisotopic (exact) mass is 229 g/mol. The van der Waals surface area contributed by atoms with Gasteiger partial charge in [0.15, 0.2) is 0 Å². The lowest BCUT2D eigenvalue weighted by Crippen LogP contribution is -2.45. The SMILES string of the molecule is CCCOCCC(=O)NC1CCCCC1O.